The molecule has 3 N–H and O–H groups in total. The highest BCUT2D eigenvalue weighted by molar-refractivity contribution is 6.39. The van der Waals surface area contributed by atoms with Crippen molar-refractivity contribution in [3.8, 4) is 5.69 Å². The summed E-state index contributed by atoms with van der Waals surface area (Å²) in [7, 11) is 1.46. The molecule has 0 aliphatic carbocycles. The molecule has 0 unspecified atom stereocenters. The largest absolute Gasteiger partial charge is 0.480 e. The fraction of sp³-hybridized carbons (Fsp3) is 0.115. The van der Waals surface area contributed by atoms with Crippen molar-refractivity contribution in [1.82, 2.24) is 14.5 Å². The van der Waals surface area contributed by atoms with Crippen molar-refractivity contribution in [3.05, 3.63) is 108 Å². The van der Waals surface area contributed by atoms with E-state index in [4.69, 9.17) is 23.2 Å². The molecule has 4 rings (SSSR count). The number of nitrogens with zero attached hydrogens (tertiary/aromatic N) is 2. The molecule has 0 spiro atoms. The Bertz CT molecular complexity index is 1710. The second-order valence-electron chi connectivity index (χ2n) is 8.35. The van der Waals surface area contributed by atoms with Gasteiger partial charge in [-0.1, -0.05) is 41.4 Å². The van der Waals surface area contributed by atoms with Gasteiger partial charge in [-0.2, -0.15) is 0 Å². The monoisotopic (exact) mass is 555 g/mol. The second kappa shape index (κ2) is 10.5. The zero-order valence-corrected chi connectivity index (χ0v) is 21.2. The van der Waals surface area contributed by atoms with Crippen molar-refractivity contribution < 1.29 is 24.6 Å². The summed E-state index contributed by atoms with van der Waals surface area (Å²) in [5.74, 6) is -3.26. The molecular weight excluding hydrogens is 537 g/mol. The van der Waals surface area contributed by atoms with E-state index in [2.05, 4.69) is 5.32 Å². The van der Waals surface area contributed by atoms with Gasteiger partial charge in [-0.25, -0.2) is 19.0 Å². The van der Waals surface area contributed by atoms with E-state index in [1.54, 1.807) is 6.07 Å². The van der Waals surface area contributed by atoms with Gasteiger partial charge in [0.15, 0.2) is 0 Å². The molecule has 1 heterocycles. The average molecular weight is 556 g/mol. The number of aliphatic carboxylic acids is 1. The maximum Gasteiger partial charge on any atom is 0.335 e. The van der Waals surface area contributed by atoms with Gasteiger partial charge in [0.05, 0.1) is 37.8 Å². The minimum absolute atomic E-state index is 0.0444. The Hall–Kier alpha value is -4.41. The van der Waals surface area contributed by atoms with Crippen LogP contribution in [0.15, 0.2) is 70.3 Å². The predicted molar refractivity (Wildman–Crippen MR) is 141 cm³/mol. The number of fused-ring (bicyclic) bond motifs is 1. The summed E-state index contributed by atoms with van der Waals surface area (Å²) in [4.78, 5) is 62.0. The van der Waals surface area contributed by atoms with Gasteiger partial charge in [-0.05, 0) is 48.0 Å². The van der Waals surface area contributed by atoms with Gasteiger partial charge in [-0.3, -0.25) is 14.2 Å². The number of aromatic nitrogens is 2. The second-order valence-corrected chi connectivity index (χ2v) is 9.17. The van der Waals surface area contributed by atoms with Gasteiger partial charge in [0.25, 0.3) is 11.5 Å². The number of carboxylic acids is 2. The SMILES string of the molecule is Cn1c(=O)n(-c2ccc(C[C@H](NC(=O)c3c(Cl)cccc3Cl)C(=O)O)cc2)c(=O)c2cc(C(=O)O)ccc21. The van der Waals surface area contributed by atoms with Crippen LogP contribution < -0.4 is 16.6 Å². The van der Waals surface area contributed by atoms with Gasteiger partial charge in [0.2, 0.25) is 0 Å². The van der Waals surface area contributed by atoms with E-state index in [9.17, 15) is 34.2 Å². The number of carboxylic acid groups (broad SMARTS) is 2. The molecule has 1 atom stereocenters. The molecule has 38 heavy (non-hydrogen) atoms. The van der Waals surface area contributed by atoms with Crippen LogP contribution in [-0.4, -0.2) is 43.2 Å². The molecule has 0 fully saturated rings. The van der Waals surface area contributed by atoms with Crippen LogP contribution in [0.2, 0.25) is 10.0 Å². The summed E-state index contributed by atoms with van der Waals surface area (Å²) >= 11 is 12.1. The highest BCUT2D eigenvalue weighted by Gasteiger charge is 2.24. The van der Waals surface area contributed by atoms with Crippen LogP contribution >= 0.6 is 23.2 Å². The molecule has 0 radical (unpaired) electrons. The maximum atomic E-state index is 13.1. The standard InChI is InChI=1S/C26H19Cl2N3O7/c1-30-20-10-7-14(24(34)35)12-16(20)23(33)31(26(30)38)15-8-5-13(6-9-15)11-19(25(36)37)29-22(32)21-17(27)3-2-4-18(21)28/h2-10,12,19H,11H2,1H3,(H,29,32)(H,34,35)(H,36,37)/t19-/m0/s1. The van der Waals surface area contributed by atoms with Crippen LogP contribution in [0.1, 0.15) is 26.3 Å². The Morgan fingerprint density at radius 2 is 1.58 bits per heavy atom. The summed E-state index contributed by atoms with van der Waals surface area (Å²) < 4.78 is 2.12. The third kappa shape index (κ3) is 5.04. The number of halogens is 2. The number of nitrogens with one attached hydrogen (secondary N) is 1. The molecule has 194 valence electrons. The van der Waals surface area contributed by atoms with E-state index in [0.29, 0.717) is 5.56 Å². The molecule has 0 bridgehead atoms. The number of carbonyl (C=O) groups is 3. The summed E-state index contributed by atoms with van der Waals surface area (Å²) in [6.45, 7) is 0. The van der Waals surface area contributed by atoms with Gasteiger partial charge in [-0.15, -0.1) is 0 Å². The molecule has 0 saturated heterocycles. The summed E-state index contributed by atoms with van der Waals surface area (Å²) in [5, 5.41) is 21.5. The number of aromatic carboxylic acids is 1. The maximum absolute atomic E-state index is 13.1. The molecule has 3 aromatic carbocycles. The number of hydrogen-bond acceptors (Lipinski definition) is 5. The molecule has 0 aliphatic heterocycles. The van der Waals surface area contributed by atoms with Gasteiger partial charge < -0.3 is 15.5 Å². The van der Waals surface area contributed by atoms with E-state index in [1.807, 2.05) is 0 Å². The van der Waals surface area contributed by atoms with Crippen LogP contribution in [0.25, 0.3) is 16.6 Å². The lowest BCUT2D eigenvalue weighted by atomic mass is 10.0. The van der Waals surface area contributed by atoms with Gasteiger partial charge >= 0.3 is 17.6 Å². The Labute approximate surface area is 224 Å². The molecule has 12 heteroatoms. The predicted octanol–water partition coefficient (Wildman–Crippen LogP) is 3.12. The van der Waals surface area contributed by atoms with E-state index in [0.717, 1.165) is 4.57 Å². The number of rotatable bonds is 7. The first-order valence-electron chi connectivity index (χ1n) is 11.1. The lowest BCUT2D eigenvalue weighted by molar-refractivity contribution is -0.139. The Balaban J connectivity index is 1.65. The average Bonchev–Trinajstić information content (AvgIpc) is 2.87. The minimum atomic E-state index is -1.33. The Kier molecular flexibility index (Phi) is 7.38. The molecule has 4 aromatic rings. The zero-order valence-electron chi connectivity index (χ0n) is 19.6. The third-order valence-corrected chi connectivity index (χ3v) is 6.57. The lowest BCUT2D eigenvalue weighted by Gasteiger charge is -2.16. The van der Waals surface area contributed by atoms with Crippen LogP contribution in [-0.2, 0) is 18.3 Å². The quantitative estimate of drug-likeness (QED) is 0.317. The van der Waals surface area contributed by atoms with Crippen LogP contribution in [0.4, 0.5) is 0 Å². The number of benzene rings is 3. The molecule has 0 aliphatic rings. The van der Waals surface area contributed by atoms with Gasteiger partial charge in [0.1, 0.15) is 6.04 Å². The fourth-order valence-electron chi connectivity index (χ4n) is 3.98. The van der Waals surface area contributed by atoms with Crippen LogP contribution in [0, 0.1) is 0 Å². The molecule has 1 aromatic heterocycles. The number of aryl methyl sites for hydroxylation is 1. The first kappa shape index (κ1) is 26.6. The van der Waals surface area contributed by atoms with Crippen LogP contribution in [0.5, 0.6) is 0 Å². The normalized spacial score (nSPS) is 11.8. The van der Waals surface area contributed by atoms with E-state index in [-0.39, 0.29) is 44.2 Å². The Morgan fingerprint density at radius 1 is 0.947 bits per heavy atom. The highest BCUT2D eigenvalue weighted by Crippen LogP contribution is 2.24. The number of carbonyl (C=O) groups excluding carboxylic acids is 1. The summed E-state index contributed by atoms with van der Waals surface area (Å²) in [6.07, 6.45) is -0.115. The minimum Gasteiger partial charge on any atom is -0.480 e. The molecule has 0 saturated carbocycles. The van der Waals surface area contributed by atoms with Crippen LogP contribution in [0.3, 0.4) is 0 Å². The smallest absolute Gasteiger partial charge is 0.335 e. The third-order valence-electron chi connectivity index (χ3n) is 5.94. The van der Waals surface area contributed by atoms with E-state index in [1.165, 1.54) is 66.2 Å². The van der Waals surface area contributed by atoms with Crippen molar-refractivity contribution in [2.45, 2.75) is 12.5 Å². The zero-order chi connectivity index (χ0) is 27.7. The van der Waals surface area contributed by atoms with Crippen molar-refractivity contribution in [2.75, 3.05) is 0 Å². The lowest BCUT2D eigenvalue weighted by Crippen LogP contribution is -2.42. The van der Waals surface area contributed by atoms with Gasteiger partial charge in [0, 0.05) is 13.5 Å². The number of amides is 1. The molecular formula is C26H19Cl2N3O7. The highest BCUT2D eigenvalue weighted by atomic mass is 35.5. The van der Waals surface area contributed by atoms with E-state index >= 15 is 0 Å². The topological polar surface area (TPSA) is 148 Å². The first-order valence-corrected chi connectivity index (χ1v) is 11.8. The van der Waals surface area contributed by atoms with Crippen molar-refractivity contribution >= 4 is 52.0 Å². The summed E-state index contributed by atoms with van der Waals surface area (Å²) in [6, 6.07) is 13.0. The van der Waals surface area contributed by atoms with E-state index < -0.39 is 35.1 Å². The Morgan fingerprint density at radius 3 is 2.16 bits per heavy atom. The van der Waals surface area contributed by atoms with Crippen molar-refractivity contribution in [3.63, 3.8) is 0 Å². The molecule has 1 amide bonds. The summed E-state index contributed by atoms with van der Waals surface area (Å²) in [5.41, 5.74) is -0.537. The fourth-order valence-corrected chi connectivity index (χ4v) is 4.55. The van der Waals surface area contributed by atoms with Crippen molar-refractivity contribution in [2.24, 2.45) is 7.05 Å². The van der Waals surface area contributed by atoms with Crippen molar-refractivity contribution in [1.29, 1.82) is 0 Å². The number of hydrogen-bond donors (Lipinski definition) is 3. The first-order chi connectivity index (χ1) is 18.0. The molecule has 10 nitrogen and oxygen atoms in total.